The third-order valence-electron chi connectivity index (χ3n) is 3.94. The number of imide groups is 2. The summed E-state index contributed by atoms with van der Waals surface area (Å²) in [6, 6.07) is 9.99. The van der Waals surface area contributed by atoms with Gasteiger partial charge in [-0.1, -0.05) is 18.2 Å². The Labute approximate surface area is 154 Å². The van der Waals surface area contributed by atoms with Crippen molar-refractivity contribution in [2.45, 2.75) is 0 Å². The first kappa shape index (κ1) is 18.0. The number of phenols is 1. The van der Waals surface area contributed by atoms with Crippen LogP contribution in [0.3, 0.4) is 0 Å². The maximum Gasteiger partial charge on any atom is 0.336 e. The lowest BCUT2D eigenvalue weighted by Gasteiger charge is -2.27. The van der Waals surface area contributed by atoms with Crippen molar-refractivity contribution in [2.75, 3.05) is 19.1 Å². The van der Waals surface area contributed by atoms with Crippen LogP contribution in [-0.2, 0) is 9.59 Å². The highest BCUT2D eigenvalue weighted by atomic mass is 16.5. The van der Waals surface area contributed by atoms with Crippen molar-refractivity contribution in [3.8, 4) is 17.2 Å². The fourth-order valence-corrected chi connectivity index (χ4v) is 2.65. The van der Waals surface area contributed by atoms with Gasteiger partial charge in [0.25, 0.3) is 11.8 Å². The maximum absolute atomic E-state index is 12.9. The molecular weight excluding hydrogens is 352 g/mol. The number of phenolic OH excluding ortho intramolecular Hbond substituents is 1. The summed E-state index contributed by atoms with van der Waals surface area (Å²) in [5.41, 5.74) is 0.338. The number of urea groups is 1. The van der Waals surface area contributed by atoms with E-state index in [1.165, 1.54) is 38.5 Å². The number of hydrogen-bond donors (Lipinski definition) is 2. The van der Waals surface area contributed by atoms with Crippen molar-refractivity contribution in [3.63, 3.8) is 0 Å². The number of hydrogen-bond acceptors (Lipinski definition) is 6. The number of methoxy groups -OCH3 is 2. The van der Waals surface area contributed by atoms with Gasteiger partial charge in [-0.25, -0.2) is 9.69 Å². The number of amides is 4. The molecule has 3 rings (SSSR count). The highest BCUT2D eigenvalue weighted by Crippen LogP contribution is 2.31. The van der Waals surface area contributed by atoms with E-state index < -0.39 is 17.8 Å². The molecule has 0 radical (unpaired) electrons. The molecule has 1 aliphatic heterocycles. The van der Waals surface area contributed by atoms with E-state index in [9.17, 15) is 19.5 Å². The molecule has 0 atom stereocenters. The van der Waals surface area contributed by atoms with Crippen molar-refractivity contribution < 1.29 is 29.0 Å². The van der Waals surface area contributed by atoms with Crippen LogP contribution < -0.4 is 19.7 Å². The largest absolute Gasteiger partial charge is 0.504 e. The monoisotopic (exact) mass is 368 g/mol. The number of rotatable bonds is 4. The smallest absolute Gasteiger partial charge is 0.336 e. The number of nitrogens with one attached hydrogen (secondary N) is 1. The summed E-state index contributed by atoms with van der Waals surface area (Å²) in [6.07, 6.45) is 1.28. The van der Waals surface area contributed by atoms with E-state index in [1.807, 2.05) is 0 Å². The lowest BCUT2D eigenvalue weighted by atomic mass is 10.1. The van der Waals surface area contributed by atoms with Gasteiger partial charge >= 0.3 is 6.03 Å². The number of barbiturate groups is 1. The zero-order valence-electron chi connectivity index (χ0n) is 14.6. The van der Waals surface area contributed by atoms with E-state index in [0.717, 1.165) is 4.90 Å². The Morgan fingerprint density at radius 2 is 1.70 bits per heavy atom. The predicted molar refractivity (Wildman–Crippen MR) is 96.7 cm³/mol. The number of carbonyl (C=O) groups excluding carboxylic acids is 3. The molecule has 2 aromatic carbocycles. The average Bonchev–Trinajstić information content (AvgIpc) is 2.65. The first-order chi connectivity index (χ1) is 13.0. The minimum Gasteiger partial charge on any atom is -0.504 e. The third kappa shape index (κ3) is 3.32. The van der Waals surface area contributed by atoms with Crippen LogP contribution in [-0.4, -0.2) is 37.2 Å². The molecule has 1 aliphatic rings. The Kier molecular flexibility index (Phi) is 4.80. The number of carbonyl (C=O) groups is 3. The van der Waals surface area contributed by atoms with E-state index in [-0.39, 0.29) is 22.8 Å². The molecule has 0 spiro atoms. The van der Waals surface area contributed by atoms with Gasteiger partial charge in [-0.2, -0.15) is 0 Å². The SMILES string of the molecule is COc1ccc(/C=C2/C(=O)NC(=O)N(c3ccccc3OC)C2=O)cc1O. The number of aromatic hydroxyl groups is 1. The molecular formula is C19H16N2O6. The molecule has 4 amide bonds. The fraction of sp³-hybridized carbons (Fsp3) is 0.105. The van der Waals surface area contributed by atoms with Crippen LogP contribution in [0.5, 0.6) is 17.2 Å². The van der Waals surface area contributed by atoms with Crippen LogP contribution in [0, 0.1) is 0 Å². The number of ether oxygens (including phenoxy) is 2. The first-order valence-corrected chi connectivity index (χ1v) is 7.87. The molecule has 8 heteroatoms. The van der Waals surface area contributed by atoms with Crippen LogP contribution in [0.25, 0.3) is 6.08 Å². The van der Waals surface area contributed by atoms with Crippen molar-refractivity contribution in [3.05, 3.63) is 53.6 Å². The Morgan fingerprint density at radius 3 is 2.37 bits per heavy atom. The summed E-state index contributed by atoms with van der Waals surface area (Å²) in [4.78, 5) is 38.1. The van der Waals surface area contributed by atoms with Crippen molar-refractivity contribution in [1.29, 1.82) is 0 Å². The molecule has 0 aliphatic carbocycles. The quantitative estimate of drug-likeness (QED) is 0.632. The fourth-order valence-electron chi connectivity index (χ4n) is 2.65. The molecule has 0 saturated carbocycles. The first-order valence-electron chi connectivity index (χ1n) is 7.87. The van der Waals surface area contributed by atoms with Gasteiger partial charge in [-0.05, 0) is 35.9 Å². The topological polar surface area (TPSA) is 105 Å². The van der Waals surface area contributed by atoms with Gasteiger partial charge in [0.05, 0.1) is 19.9 Å². The number of nitrogens with zero attached hydrogens (tertiary/aromatic N) is 1. The van der Waals surface area contributed by atoms with E-state index in [4.69, 9.17) is 9.47 Å². The molecule has 2 N–H and O–H groups in total. The molecule has 2 aromatic rings. The molecule has 27 heavy (non-hydrogen) atoms. The highest BCUT2D eigenvalue weighted by Gasteiger charge is 2.38. The van der Waals surface area contributed by atoms with Crippen molar-refractivity contribution in [2.24, 2.45) is 0 Å². The van der Waals surface area contributed by atoms with Crippen molar-refractivity contribution >= 4 is 29.6 Å². The summed E-state index contributed by atoms with van der Waals surface area (Å²) in [7, 11) is 2.81. The number of benzene rings is 2. The Morgan fingerprint density at radius 1 is 1.00 bits per heavy atom. The lowest BCUT2D eigenvalue weighted by Crippen LogP contribution is -2.54. The van der Waals surface area contributed by atoms with Gasteiger partial charge in [-0.3, -0.25) is 14.9 Å². The second-order valence-corrected chi connectivity index (χ2v) is 5.56. The van der Waals surface area contributed by atoms with Crippen LogP contribution in [0.2, 0.25) is 0 Å². The van der Waals surface area contributed by atoms with Gasteiger partial charge in [0.1, 0.15) is 11.3 Å². The molecule has 1 saturated heterocycles. The zero-order valence-corrected chi connectivity index (χ0v) is 14.6. The Hall–Kier alpha value is -3.81. The molecule has 0 unspecified atom stereocenters. The van der Waals surface area contributed by atoms with Gasteiger partial charge in [-0.15, -0.1) is 0 Å². The summed E-state index contributed by atoms with van der Waals surface area (Å²) in [5, 5.41) is 12.0. The standard InChI is InChI=1S/C19H16N2O6/c1-26-15-6-4-3-5-13(15)21-18(24)12(17(23)20-19(21)25)9-11-7-8-16(27-2)14(22)10-11/h3-10,22H,1-2H3,(H,20,23,25)/b12-9-. The zero-order chi connectivity index (χ0) is 19.6. The van der Waals surface area contributed by atoms with Crippen LogP contribution in [0.4, 0.5) is 10.5 Å². The van der Waals surface area contributed by atoms with E-state index >= 15 is 0 Å². The minimum atomic E-state index is -0.871. The molecule has 1 heterocycles. The highest BCUT2D eigenvalue weighted by molar-refractivity contribution is 6.39. The van der Waals surface area contributed by atoms with Gasteiger partial charge in [0.2, 0.25) is 0 Å². The van der Waals surface area contributed by atoms with Crippen LogP contribution in [0.15, 0.2) is 48.0 Å². The summed E-state index contributed by atoms with van der Waals surface area (Å²) in [5.74, 6) is -1.22. The van der Waals surface area contributed by atoms with E-state index in [2.05, 4.69) is 5.32 Å². The molecule has 0 aromatic heterocycles. The summed E-state index contributed by atoms with van der Waals surface area (Å²) < 4.78 is 10.2. The van der Waals surface area contributed by atoms with Crippen LogP contribution >= 0.6 is 0 Å². The Balaban J connectivity index is 2.03. The molecule has 8 nitrogen and oxygen atoms in total. The predicted octanol–water partition coefficient (Wildman–Crippen LogP) is 2.08. The minimum absolute atomic E-state index is 0.145. The van der Waals surface area contributed by atoms with Gasteiger partial charge in [0.15, 0.2) is 11.5 Å². The van der Waals surface area contributed by atoms with Crippen LogP contribution in [0.1, 0.15) is 5.56 Å². The normalized spacial score (nSPS) is 15.7. The van der Waals surface area contributed by atoms with Gasteiger partial charge < -0.3 is 14.6 Å². The summed E-state index contributed by atoms with van der Waals surface area (Å²) >= 11 is 0. The average molecular weight is 368 g/mol. The lowest BCUT2D eigenvalue weighted by molar-refractivity contribution is -0.122. The Bertz CT molecular complexity index is 966. The molecule has 0 bridgehead atoms. The number of anilines is 1. The number of para-hydroxylation sites is 2. The summed E-state index contributed by atoms with van der Waals surface area (Å²) in [6.45, 7) is 0. The second-order valence-electron chi connectivity index (χ2n) is 5.56. The van der Waals surface area contributed by atoms with E-state index in [1.54, 1.807) is 24.3 Å². The third-order valence-corrected chi connectivity index (χ3v) is 3.94. The van der Waals surface area contributed by atoms with Crippen molar-refractivity contribution in [1.82, 2.24) is 5.32 Å². The molecule has 138 valence electrons. The maximum atomic E-state index is 12.9. The molecule has 1 fully saturated rings. The van der Waals surface area contributed by atoms with E-state index in [0.29, 0.717) is 11.3 Å². The van der Waals surface area contributed by atoms with Gasteiger partial charge in [0, 0.05) is 0 Å². The second kappa shape index (κ2) is 7.20.